The molecule has 0 bridgehead atoms. The quantitative estimate of drug-likeness (QED) is 0.713. The number of carbonyl (C=O) groups excluding carboxylic acids is 1. The molecule has 1 saturated heterocycles. The van der Waals surface area contributed by atoms with Crippen LogP contribution < -0.4 is 0 Å². The van der Waals surface area contributed by atoms with E-state index in [0.29, 0.717) is 13.0 Å². The summed E-state index contributed by atoms with van der Waals surface area (Å²) in [5, 5.41) is 10.2. The summed E-state index contributed by atoms with van der Waals surface area (Å²) in [4.78, 5) is 17.3. The molecule has 1 saturated carbocycles. The van der Waals surface area contributed by atoms with Gasteiger partial charge in [0.05, 0.1) is 0 Å². The van der Waals surface area contributed by atoms with Crippen LogP contribution in [0.1, 0.15) is 55.1 Å². The SMILES string of the molecule is COC(O)c1ccccc1CN1CC2(CCC(c3ccccc3)(N(C)C)CC2)CC1=O. The van der Waals surface area contributed by atoms with Crippen LogP contribution in [0.4, 0.5) is 0 Å². The Morgan fingerprint density at radius 2 is 1.68 bits per heavy atom. The van der Waals surface area contributed by atoms with Crippen molar-refractivity contribution < 1.29 is 14.6 Å². The van der Waals surface area contributed by atoms with Gasteiger partial charge in [-0.2, -0.15) is 0 Å². The van der Waals surface area contributed by atoms with Crippen molar-refractivity contribution in [2.45, 2.75) is 50.5 Å². The number of rotatable bonds is 6. The van der Waals surface area contributed by atoms with E-state index in [1.165, 1.54) is 12.7 Å². The Balaban J connectivity index is 1.49. The summed E-state index contributed by atoms with van der Waals surface area (Å²) in [5.74, 6) is 0.221. The van der Waals surface area contributed by atoms with Crippen LogP contribution in [0.3, 0.4) is 0 Å². The minimum absolute atomic E-state index is 0.0398. The lowest BCUT2D eigenvalue weighted by Gasteiger charge is -2.48. The van der Waals surface area contributed by atoms with E-state index in [4.69, 9.17) is 4.74 Å². The molecule has 5 heteroatoms. The Kier molecular flexibility index (Phi) is 6.20. The van der Waals surface area contributed by atoms with Crippen molar-refractivity contribution in [2.24, 2.45) is 5.41 Å². The molecule has 1 aliphatic carbocycles. The van der Waals surface area contributed by atoms with Crippen molar-refractivity contribution in [3.63, 3.8) is 0 Å². The molecule has 5 nitrogen and oxygen atoms in total. The number of carbonyl (C=O) groups is 1. The third-order valence-electron chi connectivity index (χ3n) is 7.62. The standard InChI is InChI=1S/C26H34N2O3/c1-27(2)26(21-10-5-4-6-11-21)15-13-25(14-16-26)17-23(29)28(19-25)18-20-9-7-8-12-22(20)24(30)31-3/h4-12,24,30H,13-19H2,1-3H3. The van der Waals surface area contributed by atoms with E-state index in [1.54, 1.807) is 0 Å². The molecule has 1 heterocycles. The first kappa shape index (κ1) is 22.0. The van der Waals surface area contributed by atoms with Crippen molar-refractivity contribution in [3.05, 3.63) is 71.3 Å². The normalized spacial score (nSPS) is 27.3. The van der Waals surface area contributed by atoms with Crippen LogP contribution >= 0.6 is 0 Å². The molecular weight excluding hydrogens is 388 g/mol. The Morgan fingerprint density at radius 3 is 2.32 bits per heavy atom. The summed E-state index contributed by atoms with van der Waals surface area (Å²) in [7, 11) is 5.84. The maximum Gasteiger partial charge on any atom is 0.223 e. The van der Waals surface area contributed by atoms with Gasteiger partial charge in [-0.05, 0) is 56.3 Å². The molecule has 2 aromatic carbocycles. The fraction of sp³-hybridized carbons (Fsp3) is 0.500. The maximum absolute atomic E-state index is 13.0. The molecule has 1 N–H and O–H groups in total. The molecule has 2 aliphatic rings. The fourth-order valence-corrected chi connectivity index (χ4v) is 5.65. The largest absolute Gasteiger partial charge is 0.364 e. The highest BCUT2D eigenvalue weighted by atomic mass is 16.6. The van der Waals surface area contributed by atoms with Gasteiger partial charge < -0.3 is 14.7 Å². The number of hydrogen-bond acceptors (Lipinski definition) is 4. The summed E-state index contributed by atoms with van der Waals surface area (Å²) in [6.07, 6.45) is 3.87. The van der Waals surface area contributed by atoms with Gasteiger partial charge in [0.15, 0.2) is 6.29 Å². The lowest BCUT2D eigenvalue weighted by atomic mass is 9.64. The highest BCUT2D eigenvalue weighted by Crippen LogP contribution is 2.52. The molecule has 1 amide bonds. The van der Waals surface area contributed by atoms with E-state index in [9.17, 15) is 9.90 Å². The second kappa shape index (κ2) is 8.73. The minimum Gasteiger partial charge on any atom is -0.364 e. The molecule has 1 spiro atoms. The zero-order valence-corrected chi connectivity index (χ0v) is 18.9. The summed E-state index contributed by atoms with van der Waals surface area (Å²) in [6.45, 7) is 1.32. The summed E-state index contributed by atoms with van der Waals surface area (Å²) in [5.41, 5.74) is 3.15. The minimum atomic E-state index is -0.968. The number of amides is 1. The molecule has 2 fully saturated rings. The molecule has 1 aliphatic heterocycles. The van der Waals surface area contributed by atoms with Gasteiger partial charge in [-0.1, -0.05) is 54.6 Å². The van der Waals surface area contributed by atoms with E-state index in [0.717, 1.165) is 43.4 Å². The highest BCUT2D eigenvalue weighted by Gasteiger charge is 2.50. The molecule has 0 radical (unpaired) electrons. The third-order valence-corrected chi connectivity index (χ3v) is 7.62. The maximum atomic E-state index is 13.0. The van der Waals surface area contributed by atoms with Gasteiger partial charge in [0.25, 0.3) is 0 Å². The Labute approximate surface area is 185 Å². The summed E-state index contributed by atoms with van der Waals surface area (Å²) in [6, 6.07) is 18.5. The number of aliphatic hydroxyl groups is 1. The number of benzene rings is 2. The first-order chi connectivity index (χ1) is 14.9. The first-order valence-electron chi connectivity index (χ1n) is 11.2. The van der Waals surface area contributed by atoms with Crippen LogP contribution in [0.25, 0.3) is 0 Å². The number of likely N-dealkylation sites (tertiary alicyclic amines) is 1. The molecule has 1 unspecified atom stereocenters. The molecule has 31 heavy (non-hydrogen) atoms. The van der Waals surface area contributed by atoms with Crippen molar-refractivity contribution in [3.8, 4) is 0 Å². The fourth-order valence-electron chi connectivity index (χ4n) is 5.65. The van der Waals surface area contributed by atoms with Crippen LogP contribution in [-0.2, 0) is 21.6 Å². The zero-order valence-electron chi connectivity index (χ0n) is 18.9. The molecule has 2 aromatic rings. The van der Waals surface area contributed by atoms with Crippen molar-refractivity contribution in [1.29, 1.82) is 0 Å². The van der Waals surface area contributed by atoms with Gasteiger partial charge in [-0.3, -0.25) is 9.69 Å². The molecular formula is C26H34N2O3. The van der Waals surface area contributed by atoms with Gasteiger partial charge in [-0.25, -0.2) is 0 Å². The van der Waals surface area contributed by atoms with Gasteiger partial charge in [0.2, 0.25) is 5.91 Å². The van der Waals surface area contributed by atoms with Crippen LogP contribution in [0.5, 0.6) is 0 Å². The molecule has 166 valence electrons. The van der Waals surface area contributed by atoms with E-state index < -0.39 is 6.29 Å². The van der Waals surface area contributed by atoms with Crippen LogP contribution in [0, 0.1) is 5.41 Å². The van der Waals surface area contributed by atoms with Crippen molar-refractivity contribution >= 4 is 5.91 Å². The van der Waals surface area contributed by atoms with Gasteiger partial charge in [0.1, 0.15) is 0 Å². The van der Waals surface area contributed by atoms with E-state index >= 15 is 0 Å². The Bertz CT molecular complexity index is 904. The molecule has 1 atom stereocenters. The monoisotopic (exact) mass is 422 g/mol. The van der Waals surface area contributed by atoms with Crippen LogP contribution in [-0.4, -0.2) is 48.6 Å². The van der Waals surface area contributed by atoms with Crippen molar-refractivity contribution in [2.75, 3.05) is 27.7 Å². The van der Waals surface area contributed by atoms with Crippen LogP contribution in [0.2, 0.25) is 0 Å². The Hall–Kier alpha value is -2.21. The highest BCUT2D eigenvalue weighted by molar-refractivity contribution is 5.79. The van der Waals surface area contributed by atoms with Gasteiger partial charge >= 0.3 is 0 Å². The molecule has 4 rings (SSSR count). The molecule has 0 aromatic heterocycles. The summed E-state index contributed by atoms with van der Waals surface area (Å²) < 4.78 is 5.11. The Morgan fingerprint density at radius 1 is 1.03 bits per heavy atom. The average Bonchev–Trinajstić information content (AvgIpc) is 3.09. The lowest BCUT2D eigenvalue weighted by Crippen LogP contribution is -2.47. The second-order valence-corrected chi connectivity index (χ2v) is 9.51. The zero-order chi connectivity index (χ0) is 22.1. The van der Waals surface area contributed by atoms with E-state index in [1.807, 2.05) is 29.2 Å². The summed E-state index contributed by atoms with van der Waals surface area (Å²) >= 11 is 0. The second-order valence-electron chi connectivity index (χ2n) is 9.51. The number of methoxy groups -OCH3 is 1. The topological polar surface area (TPSA) is 53.0 Å². The number of ether oxygens (including phenoxy) is 1. The predicted octanol–water partition coefficient (Wildman–Crippen LogP) is 4.07. The lowest BCUT2D eigenvalue weighted by molar-refractivity contribution is -0.128. The average molecular weight is 423 g/mol. The number of hydrogen-bond donors (Lipinski definition) is 1. The smallest absolute Gasteiger partial charge is 0.223 e. The van der Waals surface area contributed by atoms with Crippen molar-refractivity contribution in [1.82, 2.24) is 9.80 Å². The number of aliphatic hydroxyl groups excluding tert-OH is 1. The van der Waals surface area contributed by atoms with E-state index in [-0.39, 0.29) is 16.9 Å². The third kappa shape index (κ3) is 4.14. The van der Waals surface area contributed by atoms with E-state index in [2.05, 4.69) is 49.3 Å². The predicted molar refractivity (Wildman–Crippen MR) is 121 cm³/mol. The number of nitrogens with zero attached hydrogens (tertiary/aromatic N) is 2. The first-order valence-corrected chi connectivity index (χ1v) is 11.2. The van der Waals surface area contributed by atoms with Crippen LogP contribution in [0.15, 0.2) is 54.6 Å². The van der Waals surface area contributed by atoms with Gasteiger partial charge in [-0.15, -0.1) is 0 Å². The van der Waals surface area contributed by atoms with Gasteiger partial charge in [0, 0.05) is 37.7 Å².